The van der Waals surface area contributed by atoms with E-state index in [1.54, 1.807) is 0 Å². The Morgan fingerprint density at radius 1 is 1.03 bits per heavy atom. The maximum absolute atomic E-state index is 13.4. The van der Waals surface area contributed by atoms with Crippen LogP contribution in [0.3, 0.4) is 0 Å². The summed E-state index contributed by atoms with van der Waals surface area (Å²) in [5, 5.41) is 2.18. The molecule has 0 spiro atoms. The fraction of sp³-hybridized carbons (Fsp3) is 0.458. The minimum Gasteiger partial charge on any atom is -0.346 e. The second-order valence-electron chi connectivity index (χ2n) is 8.61. The number of carbonyl (C=O) groups is 1. The molecule has 2 aromatic carbocycles. The van der Waals surface area contributed by atoms with Gasteiger partial charge in [0, 0.05) is 13.1 Å². The fourth-order valence-corrected chi connectivity index (χ4v) is 5.02. The Kier molecular flexibility index (Phi) is 6.08. The quantitative estimate of drug-likeness (QED) is 0.627. The summed E-state index contributed by atoms with van der Waals surface area (Å²) in [5.41, 5.74) is 8.02. The van der Waals surface area contributed by atoms with E-state index in [4.69, 9.17) is 5.73 Å². The number of hydrogen-bond acceptors (Lipinski definition) is 3. The Labute approximate surface area is 180 Å². The van der Waals surface area contributed by atoms with Crippen LogP contribution in [0, 0.1) is 5.92 Å². The van der Waals surface area contributed by atoms with Gasteiger partial charge in [-0.05, 0) is 54.1 Å². The van der Waals surface area contributed by atoms with Crippen molar-refractivity contribution >= 4 is 5.91 Å². The zero-order valence-corrected chi connectivity index (χ0v) is 17.4. The van der Waals surface area contributed by atoms with Crippen molar-refractivity contribution in [1.29, 1.82) is 0 Å². The van der Waals surface area contributed by atoms with E-state index in [1.807, 2.05) is 48.5 Å². The van der Waals surface area contributed by atoms with Crippen molar-refractivity contribution in [1.82, 2.24) is 10.2 Å². The summed E-state index contributed by atoms with van der Waals surface area (Å²) in [6.45, 7) is 2.29. The Hall–Kier alpha value is -2.38. The minimum absolute atomic E-state index is 0.471. The number of likely N-dealkylation sites (tertiary alicyclic amines) is 1. The number of nitrogens with one attached hydrogen (secondary N) is 1. The molecule has 0 saturated carbocycles. The molecule has 2 aliphatic rings. The molecular weight excluding hydrogens is 403 g/mol. The van der Waals surface area contributed by atoms with Gasteiger partial charge in [0.05, 0.1) is 0 Å². The second-order valence-corrected chi connectivity index (χ2v) is 8.61. The first-order valence-electron chi connectivity index (χ1n) is 10.8. The summed E-state index contributed by atoms with van der Waals surface area (Å²) in [7, 11) is 0. The average molecular weight is 432 g/mol. The zero-order valence-electron chi connectivity index (χ0n) is 17.4. The number of halogens is 3. The summed E-state index contributed by atoms with van der Waals surface area (Å²) in [4.78, 5) is 15.7. The van der Waals surface area contributed by atoms with Gasteiger partial charge in [-0.3, -0.25) is 4.79 Å². The van der Waals surface area contributed by atoms with Gasteiger partial charge in [0.2, 0.25) is 5.91 Å². The maximum atomic E-state index is 13.4. The summed E-state index contributed by atoms with van der Waals surface area (Å²) in [6, 6.07) is 15.1. The van der Waals surface area contributed by atoms with E-state index < -0.39 is 24.0 Å². The molecule has 4 rings (SSSR count). The highest BCUT2D eigenvalue weighted by Gasteiger charge is 2.49. The average Bonchev–Trinajstić information content (AvgIpc) is 3.01. The first kappa shape index (κ1) is 21.8. The first-order valence-corrected chi connectivity index (χ1v) is 10.8. The largest absolute Gasteiger partial charge is 0.405 e. The normalized spacial score (nSPS) is 17.7. The lowest BCUT2D eigenvalue weighted by Crippen LogP contribution is -2.50. The smallest absolute Gasteiger partial charge is 0.346 e. The maximum Gasteiger partial charge on any atom is 0.405 e. The van der Waals surface area contributed by atoms with Crippen LogP contribution >= 0.6 is 0 Å². The van der Waals surface area contributed by atoms with Crippen LogP contribution in [0.1, 0.15) is 30.4 Å². The lowest BCUT2D eigenvalue weighted by Gasteiger charge is -2.39. The predicted octanol–water partition coefficient (Wildman–Crippen LogP) is 3.69. The molecule has 0 unspecified atom stereocenters. The van der Waals surface area contributed by atoms with Crippen LogP contribution in [0.5, 0.6) is 0 Å². The molecule has 0 aromatic heterocycles. The lowest BCUT2D eigenvalue weighted by atomic mass is 9.73. The number of hydrogen-bond donors (Lipinski definition) is 2. The van der Waals surface area contributed by atoms with Crippen LogP contribution in [0.25, 0.3) is 11.1 Å². The predicted molar refractivity (Wildman–Crippen MR) is 115 cm³/mol. The molecule has 1 saturated heterocycles. The Balaban J connectivity index is 1.59. The molecule has 0 bridgehead atoms. The Morgan fingerprint density at radius 2 is 1.61 bits per heavy atom. The number of amides is 1. The van der Waals surface area contributed by atoms with E-state index in [-0.39, 0.29) is 0 Å². The van der Waals surface area contributed by atoms with Crippen molar-refractivity contribution in [3.8, 4) is 11.1 Å². The molecule has 1 amide bonds. The van der Waals surface area contributed by atoms with Crippen LogP contribution in [-0.4, -0.2) is 49.7 Å². The highest BCUT2D eigenvalue weighted by molar-refractivity contribution is 6.00. The van der Waals surface area contributed by atoms with Crippen molar-refractivity contribution in [2.45, 2.75) is 30.9 Å². The number of fused-ring (bicyclic) bond motifs is 3. The topological polar surface area (TPSA) is 58.4 Å². The van der Waals surface area contributed by atoms with E-state index >= 15 is 0 Å². The molecule has 0 radical (unpaired) electrons. The number of rotatable bonds is 8. The third-order valence-corrected chi connectivity index (χ3v) is 6.54. The van der Waals surface area contributed by atoms with Crippen molar-refractivity contribution in [3.05, 3.63) is 59.7 Å². The van der Waals surface area contributed by atoms with Crippen molar-refractivity contribution < 1.29 is 18.0 Å². The summed E-state index contributed by atoms with van der Waals surface area (Å²) < 4.78 is 38.7. The second kappa shape index (κ2) is 8.63. The van der Waals surface area contributed by atoms with Crippen LogP contribution in [0.4, 0.5) is 13.2 Å². The molecule has 2 aromatic rings. The third kappa shape index (κ3) is 4.21. The molecule has 1 aliphatic carbocycles. The Bertz CT molecular complexity index is 892. The molecule has 4 nitrogen and oxygen atoms in total. The van der Waals surface area contributed by atoms with Gasteiger partial charge in [0.15, 0.2) is 0 Å². The number of unbranched alkanes of at least 4 members (excludes halogenated alkanes) is 1. The van der Waals surface area contributed by atoms with Crippen molar-refractivity contribution in [3.63, 3.8) is 0 Å². The van der Waals surface area contributed by atoms with Gasteiger partial charge in [0.25, 0.3) is 0 Å². The fourth-order valence-electron chi connectivity index (χ4n) is 5.02. The molecule has 166 valence electrons. The van der Waals surface area contributed by atoms with Gasteiger partial charge in [-0.25, -0.2) is 0 Å². The molecule has 1 heterocycles. The van der Waals surface area contributed by atoms with Gasteiger partial charge in [0.1, 0.15) is 12.0 Å². The summed E-state index contributed by atoms with van der Waals surface area (Å²) in [6.07, 6.45) is -2.35. The monoisotopic (exact) mass is 431 g/mol. The third-order valence-electron chi connectivity index (χ3n) is 6.54. The van der Waals surface area contributed by atoms with Gasteiger partial charge in [-0.15, -0.1) is 0 Å². The summed E-state index contributed by atoms with van der Waals surface area (Å²) in [5.74, 6) is -0.0116. The van der Waals surface area contributed by atoms with Crippen molar-refractivity contribution in [2.24, 2.45) is 11.7 Å². The van der Waals surface area contributed by atoms with Gasteiger partial charge >= 0.3 is 6.18 Å². The molecular formula is C24H28F3N3O. The number of carbonyl (C=O) groups excluding carboxylic acids is 1. The van der Waals surface area contributed by atoms with Gasteiger partial charge in [-0.2, -0.15) is 13.2 Å². The van der Waals surface area contributed by atoms with Crippen LogP contribution in [0.2, 0.25) is 0 Å². The standard InChI is InChI=1S/C24H28F3N3O/c25-24(26,27)16-29-22(31)23(11-5-6-12-30-14-17(13-28)15-30)20-9-3-1-7-18(20)19-8-2-4-10-21(19)23/h1-4,7-10,17H,5-6,11-16,28H2,(H,29,31). The zero-order chi connectivity index (χ0) is 22.1. The minimum atomic E-state index is -4.45. The number of nitrogens with zero attached hydrogens (tertiary/aromatic N) is 1. The highest BCUT2D eigenvalue weighted by atomic mass is 19.4. The van der Waals surface area contributed by atoms with Crippen LogP contribution in [-0.2, 0) is 10.2 Å². The van der Waals surface area contributed by atoms with Gasteiger partial charge in [-0.1, -0.05) is 55.0 Å². The highest BCUT2D eigenvalue weighted by Crippen LogP contribution is 2.51. The van der Waals surface area contributed by atoms with Crippen LogP contribution < -0.4 is 11.1 Å². The van der Waals surface area contributed by atoms with E-state index in [0.29, 0.717) is 18.9 Å². The van der Waals surface area contributed by atoms with Crippen molar-refractivity contribution in [2.75, 3.05) is 32.7 Å². The van der Waals surface area contributed by atoms with E-state index in [2.05, 4.69) is 10.2 Å². The molecule has 3 N–H and O–H groups in total. The lowest BCUT2D eigenvalue weighted by molar-refractivity contribution is -0.141. The van der Waals surface area contributed by atoms with E-state index in [9.17, 15) is 18.0 Å². The first-order chi connectivity index (χ1) is 14.8. The summed E-state index contributed by atoms with van der Waals surface area (Å²) >= 11 is 0. The number of benzene rings is 2. The van der Waals surface area contributed by atoms with E-state index in [0.717, 1.165) is 54.7 Å². The molecule has 1 aliphatic heterocycles. The van der Waals surface area contributed by atoms with Crippen LogP contribution in [0.15, 0.2) is 48.5 Å². The molecule has 31 heavy (non-hydrogen) atoms. The molecule has 7 heteroatoms. The number of nitrogens with two attached hydrogens (primary N) is 1. The Morgan fingerprint density at radius 3 is 2.16 bits per heavy atom. The van der Waals surface area contributed by atoms with Gasteiger partial charge < -0.3 is 16.0 Å². The molecule has 0 atom stereocenters. The molecule has 1 fully saturated rings. The van der Waals surface area contributed by atoms with E-state index in [1.165, 1.54) is 0 Å². The number of alkyl halides is 3. The SMILES string of the molecule is NCC1CN(CCCCC2(C(=O)NCC(F)(F)F)c3ccccc3-c3ccccc32)C1.